The fraction of sp³-hybridized carbons (Fsp3) is 0.824. The van der Waals surface area contributed by atoms with Crippen molar-refractivity contribution >= 4 is 13.2 Å². The normalized spacial score (nSPS) is 24.2. The SMILES string of the molecule is CC(C)(C)OC(=O)N1CCC=C(B2OC(C)(C)C(C)(C)O2)CC1. The van der Waals surface area contributed by atoms with Crippen LogP contribution in [-0.4, -0.2) is 48.0 Å². The van der Waals surface area contributed by atoms with E-state index >= 15 is 0 Å². The van der Waals surface area contributed by atoms with Crippen LogP contribution < -0.4 is 0 Å². The predicted octanol–water partition coefficient (Wildman–Crippen LogP) is 3.58. The van der Waals surface area contributed by atoms with Crippen molar-refractivity contribution in [2.75, 3.05) is 13.1 Å². The Morgan fingerprint density at radius 3 is 2.26 bits per heavy atom. The molecule has 0 aliphatic carbocycles. The van der Waals surface area contributed by atoms with Gasteiger partial charge in [0.25, 0.3) is 0 Å². The Morgan fingerprint density at radius 2 is 1.74 bits per heavy atom. The first-order chi connectivity index (χ1) is 10.4. The maximum Gasteiger partial charge on any atom is 0.490 e. The van der Waals surface area contributed by atoms with Crippen molar-refractivity contribution in [1.82, 2.24) is 4.90 Å². The molecule has 6 heteroatoms. The van der Waals surface area contributed by atoms with E-state index < -0.39 is 5.60 Å². The second kappa shape index (κ2) is 6.13. The summed E-state index contributed by atoms with van der Waals surface area (Å²) in [5.41, 5.74) is -0.0221. The third-order valence-electron chi connectivity index (χ3n) is 4.68. The molecule has 0 aromatic rings. The summed E-state index contributed by atoms with van der Waals surface area (Å²) in [5.74, 6) is 0. The number of amides is 1. The van der Waals surface area contributed by atoms with Gasteiger partial charge in [0.1, 0.15) is 5.60 Å². The molecule has 1 fully saturated rings. The highest BCUT2D eigenvalue weighted by atomic mass is 16.7. The lowest BCUT2D eigenvalue weighted by Crippen LogP contribution is -2.41. The molecule has 130 valence electrons. The summed E-state index contributed by atoms with van der Waals surface area (Å²) in [6.07, 6.45) is 3.43. The topological polar surface area (TPSA) is 48.0 Å². The van der Waals surface area contributed by atoms with Gasteiger partial charge >= 0.3 is 13.2 Å². The van der Waals surface area contributed by atoms with Crippen molar-refractivity contribution in [1.29, 1.82) is 0 Å². The van der Waals surface area contributed by atoms with Crippen molar-refractivity contribution < 1.29 is 18.8 Å². The molecular weight excluding hydrogens is 293 g/mol. The van der Waals surface area contributed by atoms with Crippen molar-refractivity contribution in [2.45, 2.75) is 78.1 Å². The van der Waals surface area contributed by atoms with Gasteiger partial charge in [0, 0.05) is 13.1 Å². The molecule has 0 radical (unpaired) electrons. The Bertz CT molecular complexity index is 477. The van der Waals surface area contributed by atoms with E-state index in [0.29, 0.717) is 13.1 Å². The summed E-state index contributed by atoms with van der Waals surface area (Å²) in [6, 6.07) is 0. The van der Waals surface area contributed by atoms with Crippen molar-refractivity contribution in [3.05, 3.63) is 11.5 Å². The van der Waals surface area contributed by atoms with Crippen LogP contribution in [0.4, 0.5) is 4.79 Å². The summed E-state index contributed by atoms with van der Waals surface area (Å²) < 4.78 is 17.7. The molecule has 1 amide bonds. The van der Waals surface area contributed by atoms with Gasteiger partial charge in [-0.2, -0.15) is 0 Å². The van der Waals surface area contributed by atoms with Gasteiger partial charge in [-0.3, -0.25) is 0 Å². The lowest BCUT2D eigenvalue weighted by Gasteiger charge is -2.32. The van der Waals surface area contributed by atoms with E-state index in [9.17, 15) is 4.79 Å². The van der Waals surface area contributed by atoms with E-state index in [-0.39, 0.29) is 24.4 Å². The largest absolute Gasteiger partial charge is 0.490 e. The van der Waals surface area contributed by atoms with Crippen molar-refractivity contribution in [3.8, 4) is 0 Å². The zero-order chi connectivity index (χ0) is 17.5. The highest BCUT2D eigenvalue weighted by Crippen LogP contribution is 2.39. The van der Waals surface area contributed by atoms with Crippen LogP contribution in [0.1, 0.15) is 61.3 Å². The van der Waals surface area contributed by atoms with Gasteiger partial charge in [0.15, 0.2) is 0 Å². The molecule has 2 aliphatic heterocycles. The average molecular weight is 323 g/mol. The molecule has 2 heterocycles. The van der Waals surface area contributed by atoms with Crippen LogP contribution in [0.15, 0.2) is 11.5 Å². The number of hydrogen-bond acceptors (Lipinski definition) is 4. The number of hydrogen-bond donors (Lipinski definition) is 0. The molecule has 0 bridgehead atoms. The highest BCUT2D eigenvalue weighted by Gasteiger charge is 2.52. The standard InChI is InChI=1S/C17H30BNO4/c1-15(2,3)21-14(20)19-11-8-9-13(10-12-19)18-22-16(4,5)17(6,7)23-18/h9H,8,10-12H2,1-7H3. The fourth-order valence-electron chi connectivity index (χ4n) is 2.60. The molecule has 0 aromatic carbocycles. The number of nitrogens with zero attached hydrogens (tertiary/aromatic N) is 1. The number of carbonyl (C=O) groups is 1. The smallest absolute Gasteiger partial charge is 0.444 e. The molecular formula is C17H30BNO4. The summed E-state index contributed by atoms with van der Waals surface area (Å²) in [4.78, 5) is 14.0. The van der Waals surface area contributed by atoms with Crippen LogP contribution in [0.5, 0.6) is 0 Å². The van der Waals surface area contributed by atoms with E-state index in [4.69, 9.17) is 14.0 Å². The molecule has 0 atom stereocenters. The third kappa shape index (κ3) is 4.30. The lowest BCUT2D eigenvalue weighted by molar-refractivity contribution is 0.00578. The minimum atomic E-state index is -0.467. The highest BCUT2D eigenvalue weighted by molar-refractivity contribution is 6.54. The number of ether oxygens (including phenoxy) is 1. The Kier molecular flexibility index (Phi) is 4.89. The van der Waals surface area contributed by atoms with Crippen LogP contribution in [0.25, 0.3) is 0 Å². The van der Waals surface area contributed by atoms with Gasteiger partial charge in [0.05, 0.1) is 11.2 Å². The van der Waals surface area contributed by atoms with Gasteiger partial charge in [-0.25, -0.2) is 4.79 Å². The first-order valence-corrected chi connectivity index (χ1v) is 8.44. The summed E-state index contributed by atoms with van der Waals surface area (Å²) in [5, 5.41) is 0. The monoisotopic (exact) mass is 323 g/mol. The Balaban J connectivity index is 1.97. The summed E-state index contributed by atoms with van der Waals surface area (Å²) in [7, 11) is -0.321. The van der Waals surface area contributed by atoms with Crippen LogP contribution >= 0.6 is 0 Å². The molecule has 0 unspecified atom stereocenters. The molecule has 1 saturated heterocycles. The first kappa shape index (κ1) is 18.3. The molecule has 0 saturated carbocycles. The summed E-state index contributed by atoms with van der Waals surface area (Å²) in [6.45, 7) is 15.2. The third-order valence-corrected chi connectivity index (χ3v) is 4.68. The number of carbonyl (C=O) groups excluding carboxylic acids is 1. The van der Waals surface area contributed by atoms with E-state index in [0.717, 1.165) is 18.3 Å². The van der Waals surface area contributed by atoms with E-state index in [2.05, 4.69) is 33.8 Å². The molecule has 2 aliphatic rings. The summed E-state index contributed by atoms with van der Waals surface area (Å²) >= 11 is 0. The second-order valence-corrected chi connectivity index (χ2v) is 8.37. The van der Waals surface area contributed by atoms with Gasteiger partial charge in [0.2, 0.25) is 0 Å². The molecule has 0 spiro atoms. The van der Waals surface area contributed by atoms with Crippen molar-refractivity contribution in [3.63, 3.8) is 0 Å². The van der Waals surface area contributed by atoms with Gasteiger partial charge in [-0.15, -0.1) is 0 Å². The molecule has 0 aromatic heterocycles. The predicted molar refractivity (Wildman–Crippen MR) is 91.2 cm³/mol. The molecule has 2 rings (SSSR count). The lowest BCUT2D eigenvalue weighted by atomic mass is 9.76. The minimum Gasteiger partial charge on any atom is -0.444 e. The maximum atomic E-state index is 12.2. The Hall–Kier alpha value is -1.01. The van der Waals surface area contributed by atoms with Crippen LogP contribution in [0, 0.1) is 0 Å². The first-order valence-electron chi connectivity index (χ1n) is 8.44. The Labute approximate surface area is 140 Å². The zero-order valence-electron chi connectivity index (χ0n) is 15.6. The minimum absolute atomic E-state index is 0.249. The van der Waals surface area contributed by atoms with Gasteiger partial charge in [-0.1, -0.05) is 6.08 Å². The fourth-order valence-corrected chi connectivity index (χ4v) is 2.60. The second-order valence-electron chi connectivity index (χ2n) is 8.37. The molecule has 23 heavy (non-hydrogen) atoms. The van der Waals surface area contributed by atoms with Crippen molar-refractivity contribution in [2.24, 2.45) is 0 Å². The zero-order valence-corrected chi connectivity index (χ0v) is 15.6. The van der Waals surface area contributed by atoms with Crippen LogP contribution in [0.2, 0.25) is 0 Å². The van der Waals surface area contributed by atoms with E-state index in [1.165, 1.54) is 0 Å². The molecule has 5 nitrogen and oxygen atoms in total. The quantitative estimate of drug-likeness (QED) is 0.692. The van der Waals surface area contributed by atoms with Crippen LogP contribution in [-0.2, 0) is 14.0 Å². The average Bonchev–Trinajstić information content (AvgIpc) is 2.55. The van der Waals surface area contributed by atoms with E-state index in [1.807, 2.05) is 20.8 Å². The van der Waals surface area contributed by atoms with Gasteiger partial charge in [-0.05, 0) is 66.8 Å². The molecule has 0 N–H and O–H groups in total. The van der Waals surface area contributed by atoms with Gasteiger partial charge < -0.3 is 18.9 Å². The van der Waals surface area contributed by atoms with Crippen LogP contribution in [0.3, 0.4) is 0 Å². The number of rotatable bonds is 1. The Morgan fingerprint density at radius 1 is 1.17 bits per heavy atom. The van der Waals surface area contributed by atoms with E-state index in [1.54, 1.807) is 4.90 Å². The maximum absolute atomic E-state index is 12.2.